The van der Waals surface area contributed by atoms with Gasteiger partial charge in [-0.3, -0.25) is 9.48 Å². The van der Waals surface area contributed by atoms with Crippen LogP contribution in [0.15, 0.2) is 24.4 Å². The van der Waals surface area contributed by atoms with Gasteiger partial charge in [0.05, 0.1) is 5.69 Å². The third-order valence-corrected chi connectivity index (χ3v) is 3.37. The summed E-state index contributed by atoms with van der Waals surface area (Å²) in [5.41, 5.74) is 9.11. The van der Waals surface area contributed by atoms with E-state index in [9.17, 15) is 4.79 Å². The zero-order valence-electron chi connectivity index (χ0n) is 12.1. The number of aromatic nitrogens is 2. The summed E-state index contributed by atoms with van der Waals surface area (Å²) in [4.78, 5) is 11.3. The number of nitrogens with two attached hydrogens (primary N) is 1. The second kappa shape index (κ2) is 5.92. The third-order valence-electron chi connectivity index (χ3n) is 3.16. The second-order valence-electron chi connectivity index (χ2n) is 4.76. The van der Waals surface area contributed by atoms with Crippen LogP contribution in [0.2, 0.25) is 0 Å². The highest BCUT2D eigenvalue weighted by Gasteiger charge is 2.14. The van der Waals surface area contributed by atoms with Crippen LogP contribution in [0.4, 0.5) is 11.4 Å². The second-order valence-corrected chi connectivity index (χ2v) is 5.16. The fourth-order valence-electron chi connectivity index (χ4n) is 1.92. The zero-order chi connectivity index (χ0) is 15.6. The summed E-state index contributed by atoms with van der Waals surface area (Å²) in [6, 6.07) is 5.92. The first-order chi connectivity index (χ1) is 9.88. The molecule has 0 radical (unpaired) electrons. The normalized spacial score (nSPS) is 10.2. The van der Waals surface area contributed by atoms with Crippen LogP contribution in [-0.2, 0) is 7.05 Å². The molecule has 6 nitrogen and oxygen atoms in total. The van der Waals surface area contributed by atoms with E-state index in [0.29, 0.717) is 10.8 Å². The topological polar surface area (TPSA) is 85.0 Å². The number of nitrogens with one attached hydrogen (secondary N) is 2. The zero-order valence-corrected chi connectivity index (χ0v) is 12.9. The van der Waals surface area contributed by atoms with Crippen molar-refractivity contribution in [2.75, 3.05) is 10.6 Å². The lowest BCUT2D eigenvalue weighted by molar-refractivity contribution is 0.0995. The standard InChI is InChI=1S/C14H17N5OS/c1-8-5-4-6-10(9(8)2)16-14(21)17-11-7-19(3)18-12(11)13(15)20/h4-7H,1-3H3,(H2,15,20)(H2,16,17,21). The molecule has 0 saturated heterocycles. The number of thiocarbonyl (C=S) groups is 1. The van der Waals surface area contributed by atoms with E-state index in [0.717, 1.165) is 11.3 Å². The van der Waals surface area contributed by atoms with E-state index >= 15 is 0 Å². The summed E-state index contributed by atoms with van der Waals surface area (Å²) < 4.78 is 1.50. The van der Waals surface area contributed by atoms with Crippen molar-refractivity contribution in [3.05, 3.63) is 41.2 Å². The number of hydrogen-bond acceptors (Lipinski definition) is 3. The molecule has 0 aliphatic rings. The molecule has 0 saturated carbocycles. The minimum absolute atomic E-state index is 0.155. The van der Waals surface area contributed by atoms with Crippen LogP contribution in [0.25, 0.3) is 0 Å². The van der Waals surface area contributed by atoms with E-state index in [4.69, 9.17) is 18.0 Å². The molecule has 1 amide bonds. The molecule has 2 aromatic rings. The SMILES string of the molecule is Cc1cccc(NC(=S)Nc2cn(C)nc2C(N)=O)c1C. The van der Waals surface area contributed by atoms with Gasteiger partial charge >= 0.3 is 0 Å². The lowest BCUT2D eigenvalue weighted by atomic mass is 10.1. The maximum absolute atomic E-state index is 11.3. The molecule has 0 unspecified atom stereocenters. The van der Waals surface area contributed by atoms with Crippen molar-refractivity contribution in [3.63, 3.8) is 0 Å². The Kier molecular flexibility index (Phi) is 4.23. The monoisotopic (exact) mass is 303 g/mol. The summed E-state index contributed by atoms with van der Waals surface area (Å²) in [5, 5.41) is 10.4. The Bertz CT molecular complexity index is 707. The van der Waals surface area contributed by atoms with Crippen LogP contribution in [0, 0.1) is 13.8 Å². The average Bonchev–Trinajstić information content (AvgIpc) is 2.76. The molecular weight excluding hydrogens is 286 g/mol. The van der Waals surface area contributed by atoms with Gasteiger partial charge in [-0.2, -0.15) is 5.10 Å². The van der Waals surface area contributed by atoms with E-state index in [1.54, 1.807) is 13.2 Å². The summed E-state index contributed by atoms with van der Waals surface area (Å²) in [6.07, 6.45) is 1.65. The van der Waals surface area contributed by atoms with Crippen LogP contribution in [0.5, 0.6) is 0 Å². The van der Waals surface area contributed by atoms with Crippen molar-refractivity contribution in [1.29, 1.82) is 0 Å². The van der Waals surface area contributed by atoms with Crippen molar-refractivity contribution in [2.45, 2.75) is 13.8 Å². The largest absolute Gasteiger partial charge is 0.364 e. The fourth-order valence-corrected chi connectivity index (χ4v) is 2.14. The maximum atomic E-state index is 11.3. The van der Waals surface area contributed by atoms with Gasteiger partial charge in [0.1, 0.15) is 0 Å². The Labute approximate surface area is 128 Å². The number of primary amides is 1. The van der Waals surface area contributed by atoms with E-state index in [1.165, 1.54) is 10.2 Å². The first kappa shape index (κ1) is 15.0. The molecular formula is C14H17N5OS. The number of rotatable bonds is 3. The van der Waals surface area contributed by atoms with Crippen molar-refractivity contribution in [1.82, 2.24) is 9.78 Å². The van der Waals surface area contributed by atoms with Gasteiger partial charge in [0, 0.05) is 18.9 Å². The smallest absolute Gasteiger partial charge is 0.271 e. The van der Waals surface area contributed by atoms with Crippen molar-refractivity contribution in [2.24, 2.45) is 12.8 Å². The van der Waals surface area contributed by atoms with E-state index in [-0.39, 0.29) is 5.69 Å². The quantitative estimate of drug-likeness (QED) is 0.755. The fraction of sp³-hybridized carbons (Fsp3) is 0.214. The Balaban J connectivity index is 2.16. The Morgan fingerprint density at radius 3 is 2.62 bits per heavy atom. The van der Waals surface area contributed by atoms with Gasteiger partial charge in [0.25, 0.3) is 5.91 Å². The van der Waals surface area contributed by atoms with E-state index in [1.807, 2.05) is 32.0 Å². The number of aryl methyl sites for hydroxylation is 2. The highest BCUT2D eigenvalue weighted by atomic mass is 32.1. The molecule has 0 spiro atoms. The van der Waals surface area contributed by atoms with Gasteiger partial charge in [-0.25, -0.2) is 0 Å². The minimum Gasteiger partial charge on any atom is -0.364 e. The van der Waals surface area contributed by atoms with Gasteiger partial charge in [-0.15, -0.1) is 0 Å². The predicted molar refractivity (Wildman–Crippen MR) is 87.5 cm³/mol. The van der Waals surface area contributed by atoms with Gasteiger partial charge in [0.15, 0.2) is 10.8 Å². The molecule has 1 aromatic heterocycles. The van der Waals surface area contributed by atoms with Crippen LogP contribution in [0.3, 0.4) is 0 Å². The molecule has 0 bridgehead atoms. The number of carbonyl (C=O) groups excluding carboxylic acids is 1. The summed E-state index contributed by atoms with van der Waals surface area (Å²) >= 11 is 5.26. The number of benzene rings is 1. The average molecular weight is 303 g/mol. The number of amides is 1. The molecule has 110 valence electrons. The molecule has 4 N–H and O–H groups in total. The highest BCUT2D eigenvalue weighted by Crippen LogP contribution is 2.19. The predicted octanol–water partition coefficient (Wildman–Crippen LogP) is 1.94. The molecule has 0 atom stereocenters. The summed E-state index contributed by atoms with van der Waals surface area (Å²) in [6.45, 7) is 4.04. The minimum atomic E-state index is -0.604. The van der Waals surface area contributed by atoms with Crippen molar-refractivity contribution >= 4 is 34.6 Å². The lowest BCUT2D eigenvalue weighted by Gasteiger charge is -2.13. The molecule has 0 aliphatic carbocycles. The molecule has 1 aromatic carbocycles. The summed E-state index contributed by atoms with van der Waals surface area (Å²) in [5.74, 6) is -0.604. The number of carbonyl (C=O) groups is 1. The van der Waals surface area contributed by atoms with E-state index < -0.39 is 5.91 Å². The van der Waals surface area contributed by atoms with Crippen LogP contribution < -0.4 is 16.4 Å². The number of anilines is 2. The first-order valence-electron chi connectivity index (χ1n) is 6.36. The van der Waals surface area contributed by atoms with Crippen LogP contribution in [-0.4, -0.2) is 20.8 Å². The van der Waals surface area contributed by atoms with Gasteiger partial charge in [0.2, 0.25) is 0 Å². The lowest BCUT2D eigenvalue weighted by Crippen LogP contribution is -2.22. The van der Waals surface area contributed by atoms with Gasteiger partial charge in [-0.1, -0.05) is 12.1 Å². The van der Waals surface area contributed by atoms with Crippen LogP contribution in [0.1, 0.15) is 21.6 Å². The Morgan fingerprint density at radius 1 is 1.29 bits per heavy atom. The Morgan fingerprint density at radius 2 is 1.95 bits per heavy atom. The van der Waals surface area contributed by atoms with Crippen molar-refractivity contribution in [3.8, 4) is 0 Å². The maximum Gasteiger partial charge on any atom is 0.271 e. The number of nitrogens with zero attached hydrogens (tertiary/aromatic N) is 2. The number of hydrogen-bond donors (Lipinski definition) is 3. The molecule has 21 heavy (non-hydrogen) atoms. The Hall–Kier alpha value is -2.41. The molecule has 0 aliphatic heterocycles. The van der Waals surface area contributed by atoms with Gasteiger partial charge < -0.3 is 16.4 Å². The molecule has 0 fully saturated rings. The molecule has 2 rings (SSSR count). The first-order valence-corrected chi connectivity index (χ1v) is 6.77. The van der Waals surface area contributed by atoms with Gasteiger partial charge in [-0.05, 0) is 43.3 Å². The third kappa shape index (κ3) is 3.38. The van der Waals surface area contributed by atoms with Crippen LogP contribution >= 0.6 is 12.2 Å². The summed E-state index contributed by atoms with van der Waals surface area (Å²) in [7, 11) is 1.71. The van der Waals surface area contributed by atoms with Crippen molar-refractivity contribution < 1.29 is 4.79 Å². The van der Waals surface area contributed by atoms with E-state index in [2.05, 4.69) is 15.7 Å². The highest BCUT2D eigenvalue weighted by molar-refractivity contribution is 7.80. The molecule has 7 heteroatoms. The molecule has 1 heterocycles.